The Kier molecular flexibility index (Phi) is 7.38. The van der Waals surface area contributed by atoms with Gasteiger partial charge in [0, 0.05) is 60.6 Å². The zero-order valence-corrected chi connectivity index (χ0v) is 22.9. The lowest BCUT2D eigenvalue weighted by Crippen LogP contribution is -2.49. The fraction of sp³-hybridized carbons (Fsp3) is 0.414. The summed E-state index contributed by atoms with van der Waals surface area (Å²) in [5.41, 5.74) is 10.2. The summed E-state index contributed by atoms with van der Waals surface area (Å²) in [6.07, 6.45) is 5.99. The SMILES string of the molecule is CN1CCN(C2CCC(n3nc(-c4ccc(NCc5c(F)cccc5Cl)cc4)c4c(N)ncnc43)CC2)CC1. The molecule has 1 aliphatic heterocycles. The van der Waals surface area contributed by atoms with E-state index in [1.807, 2.05) is 24.3 Å². The van der Waals surface area contributed by atoms with E-state index in [2.05, 4.69) is 36.8 Å². The van der Waals surface area contributed by atoms with E-state index in [0.29, 0.717) is 29.0 Å². The monoisotopic (exact) mass is 548 g/mol. The van der Waals surface area contributed by atoms with E-state index < -0.39 is 0 Å². The number of aromatic nitrogens is 4. The third-order valence-electron chi connectivity index (χ3n) is 8.27. The lowest BCUT2D eigenvalue weighted by molar-refractivity contribution is 0.0815. The Labute approximate surface area is 233 Å². The van der Waals surface area contributed by atoms with E-state index >= 15 is 0 Å². The molecule has 0 atom stereocenters. The predicted octanol–water partition coefficient (Wildman–Crippen LogP) is 5.21. The van der Waals surface area contributed by atoms with Crippen LogP contribution in [0.3, 0.4) is 0 Å². The van der Waals surface area contributed by atoms with Crippen molar-refractivity contribution in [1.82, 2.24) is 29.5 Å². The number of benzene rings is 2. The van der Waals surface area contributed by atoms with Crippen molar-refractivity contribution in [3.63, 3.8) is 0 Å². The van der Waals surface area contributed by atoms with Crippen molar-refractivity contribution >= 4 is 34.1 Å². The topological polar surface area (TPSA) is 88.1 Å². The summed E-state index contributed by atoms with van der Waals surface area (Å²) < 4.78 is 16.2. The van der Waals surface area contributed by atoms with Crippen LogP contribution in [-0.4, -0.2) is 68.8 Å². The van der Waals surface area contributed by atoms with Gasteiger partial charge in [-0.15, -0.1) is 0 Å². The Morgan fingerprint density at radius 3 is 2.41 bits per heavy atom. The molecule has 1 saturated heterocycles. The van der Waals surface area contributed by atoms with E-state index in [9.17, 15) is 4.39 Å². The molecule has 3 heterocycles. The molecule has 204 valence electrons. The first kappa shape index (κ1) is 26.0. The quantitative estimate of drug-likeness (QED) is 0.342. The maximum absolute atomic E-state index is 14.1. The van der Waals surface area contributed by atoms with Gasteiger partial charge in [0.2, 0.25) is 0 Å². The van der Waals surface area contributed by atoms with Crippen LogP contribution in [0.4, 0.5) is 15.9 Å². The van der Waals surface area contributed by atoms with Gasteiger partial charge in [-0.3, -0.25) is 4.90 Å². The molecule has 1 aliphatic carbocycles. The van der Waals surface area contributed by atoms with Crippen LogP contribution in [0.15, 0.2) is 48.8 Å². The summed E-state index contributed by atoms with van der Waals surface area (Å²) in [4.78, 5) is 14.0. The van der Waals surface area contributed by atoms with Crippen LogP contribution in [0.25, 0.3) is 22.3 Å². The molecule has 0 bridgehead atoms. The highest BCUT2D eigenvalue weighted by atomic mass is 35.5. The van der Waals surface area contributed by atoms with Gasteiger partial charge in [0.1, 0.15) is 23.7 Å². The van der Waals surface area contributed by atoms with Crippen LogP contribution in [0.5, 0.6) is 0 Å². The number of rotatable bonds is 6. The second-order valence-corrected chi connectivity index (χ2v) is 11.1. The summed E-state index contributed by atoms with van der Waals surface area (Å²) in [5.74, 6) is 0.112. The molecule has 39 heavy (non-hydrogen) atoms. The van der Waals surface area contributed by atoms with Gasteiger partial charge in [-0.25, -0.2) is 19.0 Å². The van der Waals surface area contributed by atoms with E-state index in [4.69, 9.17) is 22.4 Å². The summed E-state index contributed by atoms with van der Waals surface area (Å²) in [6, 6.07) is 13.5. The number of fused-ring (bicyclic) bond motifs is 1. The van der Waals surface area contributed by atoms with Gasteiger partial charge < -0.3 is 16.0 Å². The predicted molar refractivity (Wildman–Crippen MR) is 154 cm³/mol. The van der Waals surface area contributed by atoms with Crippen molar-refractivity contribution in [2.45, 2.75) is 44.3 Å². The summed E-state index contributed by atoms with van der Waals surface area (Å²) >= 11 is 6.17. The van der Waals surface area contributed by atoms with Gasteiger partial charge >= 0.3 is 0 Å². The van der Waals surface area contributed by atoms with Crippen LogP contribution in [0, 0.1) is 5.82 Å². The molecule has 0 spiro atoms. The third-order valence-corrected chi connectivity index (χ3v) is 8.63. The third kappa shape index (κ3) is 5.31. The number of piperazine rings is 1. The average Bonchev–Trinajstić information content (AvgIpc) is 3.35. The molecule has 8 nitrogen and oxygen atoms in total. The second kappa shape index (κ2) is 11.1. The number of nitrogens with one attached hydrogen (secondary N) is 1. The van der Waals surface area contributed by atoms with Crippen LogP contribution >= 0.6 is 11.6 Å². The molecule has 0 unspecified atom stereocenters. The van der Waals surface area contributed by atoms with E-state index in [-0.39, 0.29) is 11.9 Å². The molecule has 2 aromatic carbocycles. The van der Waals surface area contributed by atoms with E-state index in [0.717, 1.165) is 79.8 Å². The van der Waals surface area contributed by atoms with E-state index in [1.165, 1.54) is 12.4 Å². The fourth-order valence-electron chi connectivity index (χ4n) is 5.94. The first-order valence-electron chi connectivity index (χ1n) is 13.7. The number of anilines is 2. The lowest BCUT2D eigenvalue weighted by Gasteiger charge is -2.41. The van der Waals surface area contributed by atoms with Crippen molar-refractivity contribution in [2.24, 2.45) is 0 Å². The van der Waals surface area contributed by atoms with E-state index in [1.54, 1.807) is 12.1 Å². The van der Waals surface area contributed by atoms with Crippen LogP contribution < -0.4 is 11.1 Å². The summed E-state index contributed by atoms with van der Waals surface area (Å²) in [6.45, 7) is 4.90. The van der Waals surface area contributed by atoms with Gasteiger partial charge in [0.25, 0.3) is 0 Å². The maximum Gasteiger partial charge on any atom is 0.164 e. The molecule has 4 aromatic rings. The largest absolute Gasteiger partial charge is 0.383 e. The van der Waals surface area contributed by atoms with Crippen molar-refractivity contribution in [2.75, 3.05) is 44.3 Å². The number of likely N-dealkylation sites (N-methyl/N-ethyl adjacent to an activating group) is 1. The Balaban J connectivity index is 1.20. The normalized spacial score (nSPS) is 20.9. The molecule has 2 aromatic heterocycles. The molecule has 2 fully saturated rings. The van der Waals surface area contributed by atoms with Crippen LogP contribution in [0.1, 0.15) is 37.3 Å². The maximum atomic E-state index is 14.1. The minimum Gasteiger partial charge on any atom is -0.383 e. The van der Waals surface area contributed by atoms with Crippen molar-refractivity contribution in [3.8, 4) is 11.3 Å². The molecule has 0 amide bonds. The first-order chi connectivity index (χ1) is 19.0. The van der Waals surface area contributed by atoms with Gasteiger partial charge in [-0.05, 0) is 57.0 Å². The zero-order chi connectivity index (χ0) is 26.9. The lowest BCUT2D eigenvalue weighted by atomic mass is 9.90. The molecule has 3 N–H and O–H groups in total. The fourth-order valence-corrected chi connectivity index (χ4v) is 6.17. The number of nitrogens with zero attached hydrogens (tertiary/aromatic N) is 6. The number of halogens is 2. The van der Waals surface area contributed by atoms with Gasteiger partial charge in [-0.1, -0.05) is 29.8 Å². The molecule has 1 saturated carbocycles. The van der Waals surface area contributed by atoms with Gasteiger partial charge in [0.05, 0.1) is 11.4 Å². The Morgan fingerprint density at radius 2 is 1.69 bits per heavy atom. The number of hydrogen-bond donors (Lipinski definition) is 2. The molecule has 0 radical (unpaired) electrons. The second-order valence-electron chi connectivity index (χ2n) is 10.7. The first-order valence-corrected chi connectivity index (χ1v) is 14.0. The molecule has 6 rings (SSSR count). The Morgan fingerprint density at radius 1 is 0.974 bits per heavy atom. The number of nitrogen functional groups attached to an aromatic ring is 1. The average molecular weight is 549 g/mol. The molecular weight excluding hydrogens is 515 g/mol. The molecular formula is C29H34ClFN8. The van der Waals surface area contributed by atoms with Crippen molar-refractivity contribution in [1.29, 1.82) is 0 Å². The van der Waals surface area contributed by atoms with Gasteiger partial charge in [0.15, 0.2) is 5.65 Å². The minimum absolute atomic E-state index is 0.283. The highest BCUT2D eigenvalue weighted by molar-refractivity contribution is 6.31. The minimum atomic E-state index is -0.323. The number of hydrogen-bond acceptors (Lipinski definition) is 7. The van der Waals surface area contributed by atoms with Crippen LogP contribution in [0.2, 0.25) is 5.02 Å². The summed E-state index contributed by atoms with van der Waals surface area (Å²) in [5, 5.41) is 9.51. The summed E-state index contributed by atoms with van der Waals surface area (Å²) in [7, 11) is 2.20. The Bertz CT molecular complexity index is 1420. The highest BCUT2D eigenvalue weighted by Crippen LogP contribution is 2.37. The smallest absolute Gasteiger partial charge is 0.164 e. The number of nitrogens with two attached hydrogens (primary N) is 1. The van der Waals surface area contributed by atoms with Crippen LogP contribution in [-0.2, 0) is 6.54 Å². The van der Waals surface area contributed by atoms with Crippen molar-refractivity contribution < 1.29 is 4.39 Å². The molecule has 10 heteroatoms. The Hall–Kier alpha value is -3.27. The van der Waals surface area contributed by atoms with Crippen molar-refractivity contribution in [3.05, 3.63) is 65.2 Å². The van der Waals surface area contributed by atoms with Gasteiger partial charge in [-0.2, -0.15) is 5.10 Å². The molecule has 2 aliphatic rings. The zero-order valence-electron chi connectivity index (χ0n) is 22.2. The highest BCUT2D eigenvalue weighted by Gasteiger charge is 2.30. The standard InChI is InChI=1S/C29H34ClFN8/c1-37-13-15-38(16-14-37)21-9-11-22(12-10-21)39-29-26(28(32)34-18-35-29)27(36-39)19-5-7-20(8-6-19)33-17-23-24(30)3-2-4-25(23)31/h2-8,18,21-22,33H,9-17H2,1H3,(H2,32,34,35).